The zero-order valence-electron chi connectivity index (χ0n) is 15.0. The lowest BCUT2D eigenvalue weighted by Crippen LogP contribution is -2.36. The van der Waals surface area contributed by atoms with Gasteiger partial charge in [-0.15, -0.1) is 0 Å². The smallest absolute Gasteiger partial charge is 0.338 e. The molecule has 132 valence electrons. The number of rotatable bonds is 7. The minimum absolute atomic E-state index is 0.0213. The van der Waals surface area contributed by atoms with Gasteiger partial charge in [0.05, 0.1) is 5.56 Å². The highest BCUT2D eigenvalue weighted by molar-refractivity contribution is 5.91. The van der Waals surface area contributed by atoms with E-state index in [2.05, 4.69) is 17.4 Å². The average Bonchev–Trinajstić information content (AvgIpc) is 2.61. The van der Waals surface area contributed by atoms with Crippen molar-refractivity contribution in [1.29, 1.82) is 0 Å². The van der Waals surface area contributed by atoms with Gasteiger partial charge in [-0.05, 0) is 62.4 Å². The molecule has 4 heteroatoms. The SMILES string of the molecule is Cc1ccc(C(=O)OCC(=O)N[C@@H](C)CCc2ccccc2)cc1C. The third kappa shape index (κ3) is 6.07. The van der Waals surface area contributed by atoms with E-state index in [1.54, 1.807) is 12.1 Å². The van der Waals surface area contributed by atoms with E-state index in [-0.39, 0.29) is 18.6 Å². The Morgan fingerprint density at radius 1 is 1.04 bits per heavy atom. The fraction of sp³-hybridized carbons (Fsp3) is 0.333. The maximum absolute atomic E-state index is 12.0. The first-order valence-corrected chi connectivity index (χ1v) is 8.53. The second kappa shape index (κ2) is 9.02. The van der Waals surface area contributed by atoms with Crippen molar-refractivity contribution in [3.63, 3.8) is 0 Å². The summed E-state index contributed by atoms with van der Waals surface area (Å²) in [7, 11) is 0. The molecule has 0 saturated heterocycles. The molecule has 0 saturated carbocycles. The van der Waals surface area contributed by atoms with Crippen molar-refractivity contribution in [2.75, 3.05) is 6.61 Å². The lowest BCUT2D eigenvalue weighted by molar-refractivity contribution is -0.124. The number of hydrogen-bond acceptors (Lipinski definition) is 3. The van der Waals surface area contributed by atoms with Crippen LogP contribution < -0.4 is 5.32 Å². The van der Waals surface area contributed by atoms with Gasteiger partial charge in [-0.1, -0.05) is 36.4 Å². The van der Waals surface area contributed by atoms with Crippen LogP contribution in [0.5, 0.6) is 0 Å². The van der Waals surface area contributed by atoms with Gasteiger partial charge in [0.1, 0.15) is 0 Å². The predicted octanol–water partition coefficient (Wildman–Crippen LogP) is 3.60. The summed E-state index contributed by atoms with van der Waals surface area (Å²) in [4.78, 5) is 23.9. The number of nitrogens with one attached hydrogen (secondary N) is 1. The van der Waals surface area contributed by atoms with Crippen molar-refractivity contribution in [2.24, 2.45) is 0 Å². The summed E-state index contributed by atoms with van der Waals surface area (Å²) < 4.78 is 5.10. The van der Waals surface area contributed by atoms with Crippen LogP contribution in [0.3, 0.4) is 0 Å². The van der Waals surface area contributed by atoms with Gasteiger partial charge in [0, 0.05) is 6.04 Å². The lowest BCUT2D eigenvalue weighted by atomic mass is 10.1. The van der Waals surface area contributed by atoms with Crippen molar-refractivity contribution in [2.45, 2.75) is 39.7 Å². The number of amides is 1. The van der Waals surface area contributed by atoms with Gasteiger partial charge >= 0.3 is 5.97 Å². The first-order valence-electron chi connectivity index (χ1n) is 8.53. The molecule has 2 aromatic rings. The second-order valence-electron chi connectivity index (χ2n) is 6.37. The number of benzene rings is 2. The molecule has 0 spiro atoms. The van der Waals surface area contributed by atoms with E-state index in [9.17, 15) is 9.59 Å². The van der Waals surface area contributed by atoms with E-state index in [0.29, 0.717) is 5.56 Å². The first kappa shape index (κ1) is 18.7. The molecule has 0 radical (unpaired) electrons. The van der Waals surface area contributed by atoms with Crippen LogP contribution in [0.1, 0.15) is 40.4 Å². The summed E-state index contributed by atoms with van der Waals surface area (Å²) in [5.41, 5.74) is 3.84. The quantitative estimate of drug-likeness (QED) is 0.784. The van der Waals surface area contributed by atoms with E-state index in [0.717, 1.165) is 24.0 Å². The largest absolute Gasteiger partial charge is 0.452 e. The zero-order chi connectivity index (χ0) is 18.2. The average molecular weight is 339 g/mol. The summed E-state index contributed by atoms with van der Waals surface area (Å²) in [5, 5.41) is 2.86. The molecular formula is C21H25NO3. The van der Waals surface area contributed by atoms with E-state index >= 15 is 0 Å². The molecule has 2 aromatic carbocycles. The highest BCUT2D eigenvalue weighted by Crippen LogP contribution is 2.11. The van der Waals surface area contributed by atoms with Crippen LogP contribution in [0.4, 0.5) is 0 Å². The molecule has 0 aliphatic rings. The zero-order valence-corrected chi connectivity index (χ0v) is 15.0. The van der Waals surface area contributed by atoms with Crippen LogP contribution >= 0.6 is 0 Å². The molecule has 2 rings (SSSR count). The van der Waals surface area contributed by atoms with Crippen molar-refractivity contribution in [1.82, 2.24) is 5.32 Å². The lowest BCUT2D eigenvalue weighted by Gasteiger charge is -2.14. The maximum Gasteiger partial charge on any atom is 0.338 e. The number of carbonyl (C=O) groups excluding carboxylic acids is 2. The normalized spacial score (nSPS) is 11.6. The third-order valence-electron chi connectivity index (χ3n) is 4.19. The van der Waals surface area contributed by atoms with Crippen molar-refractivity contribution < 1.29 is 14.3 Å². The molecular weight excluding hydrogens is 314 g/mol. The minimum Gasteiger partial charge on any atom is -0.452 e. The Morgan fingerprint density at radius 2 is 1.76 bits per heavy atom. The Kier molecular flexibility index (Phi) is 6.75. The van der Waals surface area contributed by atoms with Gasteiger partial charge in [0.2, 0.25) is 0 Å². The molecule has 0 aromatic heterocycles. The van der Waals surface area contributed by atoms with E-state index < -0.39 is 5.97 Å². The molecule has 0 heterocycles. The Labute approximate surface area is 149 Å². The van der Waals surface area contributed by atoms with Crippen LogP contribution in [0.2, 0.25) is 0 Å². The Balaban J connectivity index is 1.74. The molecule has 25 heavy (non-hydrogen) atoms. The number of hydrogen-bond donors (Lipinski definition) is 1. The van der Waals surface area contributed by atoms with Gasteiger partial charge < -0.3 is 10.1 Å². The summed E-state index contributed by atoms with van der Waals surface area (Å²) in [5.74, 6) is -0.757. The Morgan fingerprint density at radius 3 is 2.44 bits per heavy atom. The van der Waals surface area contributed by atoms with Crippen LogP contribution in [0, 0.1) is 13.8 Å². The van der Waals surface area contributed by atoms with Gasteiger partial charge in [-0.2, -0.15) is 0 Å². The summed E-state index contributed by atoms with van der Waals surface area (Å²) in [6.45, 7) is 5.61. The van der Waals surface area contributed by atoms with Crippen LogP contribution in [-0.4, -0.2) is 24.5 Å². The predicted molar refractivity (Wildman–Crippen MR) is 98.6 cm³/mol. The summed E-state index contributed by atoms with van der Waals surface area (Å²) in [6, 6.07) is 15.5. The molecule has 0 bridgehead atoms. The molecule has 0 unspecified atom stereocenters. The number of ether oxygens (including phenoxy) is 1. The van der Waals surface area contributed by atoms with E-state index in [1.165, 1.54) is 5.56 Å². The highest BCUT2D eigenvalue weighted by Gasteiger charge is 2.12. The fourth-order valence-corrected chi connectivity index (χ4v) is 2.50. The second-order valence-corrected chi connectivity index (χ2v) is 6.37. The molecule has 1 atom stereocenters. The van der Waals surface area contributed by atoms with Crippen molar-refractivity contribution >= 4 is 11.9 Å². The molecule has 0 fully saturated rings. The van der Waals surface area contributed by atoms with E-state index in [4.69, 9.17) is 4.74 Å². The van der Waals surface area contributed by atoms with Gasteiger partial charge in [0.25, 0.3) is 5.91 Å². The van der Waals surface area contributed by atoms with Gasteiger partial charge in [0.15, 0.2) is 6.61 Å². The molecule has 4 nitrogen and oxygen atoms in total. The monoisotopic (exact) mass is 339 g/mol. The highest BCUT2D eigenvalue weighted by atomic mass is 16.5. The summed E-state index contributed by atoms with van der Waals surface area (Å²) in [6.07, 6.45) is 1.73. The molecule has 1 amide bonds. The number of esters is 1. The molecule has 0 aliphatic heterocycles. The summed E-state index contributed by atoms with van der Waals surface area (Å²) >= 11 is 0. The van der Waals surface area contributed by atoms with Gasteiger partial charge in [-0.25, -0.2) is 4.79 Å². The Hall–Kier alpha value is -2.62. The van der Waals surface area contributed by atoms with Crippen molar-refractivity contribution in [3.05, 3.63) is 70.8 Å². The first-order chi connectivity index (χ1) is 12.0. The topological polar surface area (TPSA) is 55.4 Å². The van der Waals surface area contributed by atoms with Crippen LogP contribution in [-0.2, 0) is 16.0 Å². The number of aryl methyl sites for hydroxylation is 3. The third-order valence-corrected chi connectivity index (χ3v) is 4.19. The Bertz CT molecular complexity index is 725. The van der Waals surface area contributed by atoms with Crippen LogP contribution in [0.25, 0.3) is 0 Å². The molecule has 0 aliphatic carbocycles. The molecule has 1 N–H and O–H groups in total. The number of carbonyl (C=O) groups is 2. The van der Waals surface area contributed by atoms with Gasteiger partial charge in [-0.3, -0.25) is 4.79 Å². The maximum atomic E-state index is 12.0. The van der Waals surface area contributed by atoms with E-state index in [1.807, 2.05) is 45.0 Å². The van der Waals surface area contributed by atoms with Crippen molar-refractivity contribution in [3.8, 4) is 0 Å². The van der Waals surface area contributed by atoms with Crippen LogP contribution in [0.15, 0.2) is 48.5 Å². The fourth-order valence-electron chi connectivity index (χ4n) is 2.50. The minimum atomic E-state index is -0.477. The standard InChI is InChI=1S/C21H25NO3/c1-15-9-12-19(13-16(15)2)21(24)25-14-20(23)22-17(3)10-11-18-7-5-4-6-8-18/h4-9,12-13,17H,10-11,14H2,1-3H3,(H,22,23)/t17-/m0/s1.